The van der Waals surface area contributed by atoms with Crippen molar-refractivity contribution in [2.45, 2.75) is 65.6 Å². The summed E-state index contributed by atoms with van der Waals surface area (Å²) in [6.45, 7) is 11.3. The molecule has 4 aromatic rings. The second-order valence-electron chi connectivity index (χ2n) is 11.8. The van der Waals surface area contributed by atoms with E-state index in [1.54, 1.807) is 25.7 Å². The third-order valence-corrected chi connectivity index (χ3v) is 7.19. The number of hydrogen-bond donors (Lipinski definition) is 2. The number of rotatable bonds is 9. The predicted molar refractivity (Wildman–Crippen MR) is 172 cm³/mol. The molecule has 43 heavy (non-hydrogen) atoms. The molecule has 0 aliphatic carbocycles. The fraction of sp³-hybridized carbons (Fsp3) is 0.306. The van der Waals surface area contributed by atoms with E-state index in [1.807, 2.05) is 112 Å². The standard InChI is InChI=1S/C36H41N3O4/c1-7-39(34(41)31(22-26-13-9-8-10-14-26)38-35(42)43-36(4,5)6)32(30-20-17-24(2)21-25(30)3)33(40)37-29-19-18-27-15-11-12-16-28(27)23-29/h8-21,23,31-32H,7,22H2,1-6H3,(H,37,40)(H,38,42). The van der Waals surface area contributed by atoms with Crippen molar-refractivity contribution in [3.05, 3.63) is 113 Å². The van der Waals surface area contributed by atoms with Crippen molar-refractivity contribution in [2.75, 3.05) is 11.9 Å². The molecule has 2 atom stereocenters. The lowest BCUT2D eigenvalue weighted by atomic mass is 9.95. The van der Waals surface area contributed by atoms with E-state index in [1.165, 1.54) is 0 Å². The Balaban J connectivity index is 1.72. The van der Waals surface area contributed by atoms with Crippen LogP contribution in [0.5, 0.6) is 0 Å². The first-order valence-corrected chi connectivity index (χ1v) is 14.7. The molecule has 224 valence electrons. The number of nitrogens with one attached hydrogen (secondary N) is 2. The molecule has 0 aliphatic heterocycles. The molecule has 0 aromatic heterocycles. The van der Waals surface area contributed by atoms with Gasteiger partial charge in [0.1, 0.15) is 17.7 Å². The minimum atomic E-state index is -0.959. The van der Waals surface area contributed by atoms with Crippen LogP contribution in [-0.4, -0.2) is 41.0 Å². The Morgan fingerprint density at radius 1 is 0.837 bits per heavy atom. The van der Waals surface area contributed by atoms with Crippen LogP contribution >= 0.6 is 0 Å². The lowest BCUT2D eigenvalue weighted by molar-refractivity contribution is -0.140. The fourth-order valence-corrected chi connectivity index (χ4v) is 5.23. The van der Waals surface area contributed by atoms with Crippen LogP contribution in [0.1, 0.15) is 56.0 Å². The van der Waals surface area contributed by atoms with E-state index in [0.717, 1.165) is 33.0 Å². The van der Waals surface area contributed by atoms with E-state index in [0.29, 0.717) is 5.69 Å². The number of nitrogens with zero attached hydrogens (tertiary/aromatic N) is 1. The monoisotopic (exact) mass is 579 g/mol. The number of hydrogen-bond acceptors (Lipinski definition) is 4. The molecule has 0 aliphatic rings. The highest BCUT2D eigenvalue weighted by molar-refractivity contribution is 6.00. The number of likely N-dealkylation sites (N-methyl/N-ethyl adjacent to an activating group) is 1. The Morgan fingerprint density at radius 2 is 1.51 bits per heavy atom. The molecule has 0 bridgehead atoms. The molecule has 0 radical (unpaired) electrons. The van der Waals surface area contributed by atoms with Gasteiger partial charge in [0.05, 0.1) is 0 Å². The van der Waals surface area contributed by atoms with Crippen molar-refractivity contribution in [1.82, 2.24) is 10.2 Å². The highest BCUT2D eigenvalue weighted by Crippen LogP contribution is 2.29. The number of carbonyl (C=O) groups is 3. The highest BCUT2D eigenvalue weighted by atomic mass is 16.6. The van der Waals surface area contributed by atoms with E-state index < -0.39 is 23.8 Å². The molecule has 2 N–H and O–H groups in total. The summed E-state index contributed by atoms with van der Waals surface area (Å²) >= 11 is 0. The van der Waals surface area contributed by atoms with Gasteiger partial charge in [-0.2, -0.15) is 0 Å². The quantitative estimate of drug-likeness (QED) is 0.221. The normalized spacial score (nSPS) is 12.7. The molecule has 0 fully saturated rings. The van der Waals surface area contributed by atoms with Crippen LogP contribution in [0.15, 0.2) is 91.0 Å². The van der Waals surface area contributed by atoms with Gasteiger partial charge in [-0.15, -0.1) is 0 Å². The van der Waals surface area contributed by atoms with E-state index in [4.69, 9.17) is 4.74 Å². The molecule has 0 saturated heterocycles. The van der Waals surface area contributed by atoms with Crippen LogP contribution in [0.2, 0.25) is 0 Å². The number of anilines is 1. The fourth-order valence-electron chi connectivity index (χ4n) is 5.23. The lowest BCUT2D eigenvalue weighted by Gasteiger charge is -2.34. The minimum Gasteiger partial charge on any atom is -0.444 e. The molecule has 2 unspecified atom stereocenters. The van der Waals surface area contributed by atoms with E-state index >= 15 is 0 Å². The highest BCUT2D eigenvalue weighted by Gasteiger charge is 2.36. The summed E-state index contributed by atoms with van der Waals surface area (Å²) in [6.07, 6.45) is -0.456. The Morgan fingerprint density at radius 3 is 2.16 bits per heavy atom. The maximum atomic E-state index is 14.4. The molecular formula is C36H41N3O4. The second-order valence-corrected chi connectivity index (χ2v) is 11.8. The lowest BCUT2D eigenvalue weighted by Crippen LogP contribution is -2.53. The van der Waals surface area contributed by atoms with Gasteiger partial charge in [-0.1, -0.05) is 84.4 Å². The molecule has 4 rings (SSSR count). The molecule has 3 amide bonds. The first kappa shape index (κ1) is 31.3. The molecule has 4 aromatic carbocycles. The third-order valence-electron chi connectivity index (χ3n) is 7.19. The summed E-state index contributed by atoms with van der Waals surface area (Å²) < 4.78 is 5.51. The average molecular weight is 580 g/mol. The van der Waals surface area contributed by atoms with Crippen LogP contribution in [-0.2, 0) is 20.7 Å². The number of ether oxygens (including phenoxy) is 1. The number of carbonyl (C=O) groups excluding carboxylic acids is 3. The van der Waals surface area contributed by atoms with Gasteiger partial charge in [0, 0.05) is 18.7 Å². The van der Waals surface area contributed by atoms with Crippen molar-refractivity contribution in [3.63, 3.8) is 0 Å². The molecular weight excluding hydrogens is 538 g/mol. The van der Waals surface area contributed by atoms with Crippen LogP contribution in [0, 0.1) is 13.8 Å². The number of alkyl carbamates (subject to hydrolysis) is 1. The van der Waals surface area contributed by atoms with Gasteiger partial charge in [-0.05, 0) is 81.1 Å². The number of fused-ring (bicyclic) bond motifs is 1. The molecule has 0 heterocycles. The summed E-state index contributed by atoms with van der Waals surface area (Å²) in [5.74, 6) is -0.719. The Kier molecular flexibility index (Phi) is 9.86. The van der Waals surface area contributed by atoms with Crippen molar-refractivity contribution in [3.8, 4) is 0 Å². The first-order valence-electron chi connectivity index (χ1n) is 14.7. The zero-order valence-electron chi connectivity index (χ0n) is 25.8. The van der Waals surface area contributed by atoms with Gasteiger partial charge in [0.15, 0.2) is 0 Å². The minimum absolute atomic E-state index is 0.237. The smallest absolute Gasteiger partial charge is 0.408 e. The zero-order chi connectivity index (χ0) is 31.1. The zero-order valence-corrected chi connectivity index (χ0v) is 25.8. The summed E-state index contributed by atoms with van der Waals surface area (Å²) in [6, 6.07) is 27.1. The van der Waals surface area contributed by atoms with E-state index in [9.17, 15) is 14.4 Å². The molecule has 0 spiro atoms. The molecule has 7 heteroatoms. The summed E-state index contributed by atoms with van der Waals surface area (Å²) in [5.41, 5.74) is 3.43. The summed E-state index contributed by atoms with van der Waals surface area (Å²) in [7, 11) is 0. The van der Waals surface area contributed by atoms with Gasteiger partial charge < -0.3 is 20.3 Å². The van der Waals surface area contributed by atoms with E-state index in [2.05, 4.69) is 10.6 Å². The maximum Gasteiger partial charge on any atom is 0.408 e. The first-order chi connectivity index (χ1) is 20.4. The van der Waals surface area contributed by atoms with Gasteiger partial charge in [-0.3, -0.25) is 9.59 Å². The van der Waals surface area contributed by atoms with Crippen molar-refractivity contribution in [1.29, 1.82) is 0 Å². The predicted octanol–water partition coefficient (Wildman–Crippen LogP) is 7.12. The molecule has 0 saturated carbocycles. The maximum absolute atomic E-state index is 14.4. The summed E-state index contributed by atoms with van der Waals surface area (Å²) in [5, 5.41) is 7.91. The van der Waals surface area contributed by atoms with Gasteiger partial charge in [-0.25, -0.2) is 4.79 Å². The van der Waals surface area contributed by atoms with Crippen molar-refractivity contribution < 1.29 is 19.1 Å². The van der Waals surface area contributed by atoms with Crippen molar-refractivity contribution in [2.24, 2.45) is 0 Å². The number of aryl methyl sites for hydroxylation is 2. The number of amides is 3. The van der Waals surface area contributed by atoms with Gasteiger partial charge in [0.2, 0.25) is 5.91 Å². The van der Waals surface area contributed by atoms with Gasteiger partial charge in [0.25, 0.3) is 5.91 Å². The second kappa shape index (κ2) is 13.6. The van der Waals surface area contributed by atoms with Crippen LogP contribution in [0.4, 0.5) is 10.5 Å². The average Bonchev–Trinajstić information content (AvgIpc) is 2.95. The van der Waals surface area contributed by atoms with Crippen LogP contribution in [0.3, 0.4) is 0 Å². The Labute approximate surface area is 254 Å². The van der Waals surface area contributed by atoms with Crippen LogP contribution < -0.4 is 10.6 Å². The Hall–Kier alpha value is -4.65. The topological polar surface area (TPSA) is 87.7 Å². The van der Waals surface area contributed by atoms with Gasteiger partial charge >= 0.3 is 6.09 Å². The Bertz CT molecular complexity index is 1590. The largest absolute Gasteiger partial charge is 0.444 e. The number of benzene rings is 4. The van der Waals surface area contributed by atoms with Crippen molar-refractivity contribution >= 4 is 34.4 Å². The van der Waals surface area contributed by atoms with Crippen LogP contribution in [0.25, 0.3) is 10.8 Å². The third kappa shape index (κ3) is 8.22. The summed E-state index contributed by atoms with van der Waals surface area (Å²) in [4.78, 5) is 43.0. The molecule has 7 nitrogen and oxygen atoms in total. The SMILES string of the molecule is CCN(C(=O)C(Cc1ccccc1)NC(=O)OC(C)(C)C)C(C(=O)Nc1ccc2ccccc2c1)c1ccc(C)cc1C. The van der Waals surface area contributed by atoms with E-state index in [-0.39, 0.29) is 24.8 Å².